The van der Waals surface area contributed by atoms with E-state index in [2.05, 4.69) is 10.3 Å². The van der Waals surface area contributed by atoms with E-state index in [1.54, 1.807) is 45.8 Å². The quantitative estimate of drug-likeness (QED) is 0.0355. The number of hydrogen-bond acceptors (Lipinski definition) is 16. The van der Waals surface area contributed by atoms with Gasteiger partial charge in [-0.3, -0.25) is 9.32 Å². The summed E-state index contributed by atoms with van der Waals surface area (Å²) in [6, 6.07) is 1.40. The maximum absolute atomic E-state index is 12.6. The Hall–Kier alpha value is -3.42. The number of nitrogens with zero attached hydrogens (tertiary/aromatic N) is 3. The van der Waals surface area contributed by atoms with Crippen LogP contribution in [0.1, 0.15) is 105 Å². The van der Waals surface area contributed by atoms with E-state index in [0.717, 1.165) is 16.7 Å². The van der Waals surface area contributed by atoms with Gasteiger partial charge in [0.15, 0.2) is 17.8 Å². The average Bonchev–Trinajstić information content (AvgIpc) is 3.84. The SMILES string of the molecule is COC[C@H]([C@@H](O)[C@@H](O)C(=O)NCC[C@@H](C)c1nc(/C=C/C[C@@H]2O[C@@]3(C[C@H](O)[C@H]2C)O[C@@H]([C@@H](C[C@@H](O)[C@@H](C)[C@@H](O)[C@@H](C)/C=C(C)/C(C)=C/C=C/C(C)=C/C#N)OC)[C@@H](OP(=O)(O)O)C3(C)C)co1)N(C)C. The predicted molar refractivity (Wildman–Crippen MR) is 262 cm³/mol. The van der Waals surface area contributed by atoms with Gasteiger partial charge in [-0.05, 0) is 64.9 Å². The molecule has 2 saturated heterocycles. The number of aliphatic hydroxyl groups is 5. The summed E-state index contributed by atoms with van der Waals surface area (Å²) in [7, 11) is 1.12. The highest BCUT2D eigenvalue weighted by Gasteiger charge is 2.68. The lowest BCUT2D eigenvalue weighted by atomic mass is 9.72. The van der Waals surface area contributed by atoms with Crippen LogP contribution in [-0.4, -0.2) is 159 Å². The van der Waals surface area contributed by atoms with Gasteiger partial charge in [-0.25, -0.2) is 9.55 Å². The van der Waals surface area contributed by atoms with Crippen molar-refractivity contribution in [1.29, 1.82) is 5.26 Å². The number of aromatic nitrogens is 1. The van der Waals surface area contributed by atoms with Crippen molar-refractivity contribution >= 4 is 19.8 Å². The van der Waals surface area contributed by atoms with Crippen LogP contribution < -0.4 is 5.32 Å². The van der Waals surface area contributed by atoms with Crippen LogP contribution in [0.3, 0.4) is 0 Å². The molecule has 2 aliphatic rings. The second-order valence-electron chi connectivity index (χ2n) is 19.9. The monoisotopic (exact) mass is 1010 g/mol. The molecule has 0 radical (unpaired) electrons. The van der Waals surface area contributed by atoms with Crippen molar-refractivity contribution in [3.05, 3.63) is 71.0 Å². The maximum Gasteiger partial charge on any atom is 0.469 e. The van der Waals surface area contributed by atoms with Crippen LogP contribution in [0.2, 0.25) is 0 Å². The molecule has 1 spiro atoms. The summed E-state index contributed by atoms with van der Waals surface area (Å²) in [5.41, 5.74) is 1.87. The van der Waals surface area contributed by atoms with Gasteiger partial charge in [-0.15, -0.1) is 0 Å². The molecule has 3 heterocycles. The molecule has 1 aromatic heterocycles. The number of ether oxygens (including phenoxy) is 4. The topological polar surface area (TPSA) is 287 Å². The normalized spacial score (nSPS) is 27.6. The molecule has 2 fully saturated rings. The summed E-state index contributed by atoms with van der Waals surface area (Å²) in [6.45, 7) is 16.6. The highest BCUT2D eigenvalue weighted by atomic mass is 31.2. The fourth-order valence-electron chi connectivity index (χ4n) is 8.96. The second-order valence-corrected chi connectivity index (χ2v) is 21.1. The van der Waals surface area contributed by atoms with Gasteiger partial charge in [0.1, 0.15) is 30.3 Å². The predicted octanol–water partition coefficient (Wildman–Crippen LogP) is 4.69. The molecule has 8 N–H and O–H groups in total. The Labute approximate surface area is 414 Å². The number of carbonyl (C=O) groups excluding carboxylic acids is 1. The molecule has 2 aliphatic heterocycles. The third-order valence-corrected chi connectivity index (χ3v) is 14.5. The van der Waals surface area contributed by atoms with Gasteiger partial charge in [0, 0.05) is 68.8 Å². The van der Waals surface area contributed by atoms with Crippen LogP contribution in [0.15, 0.2) is 63.9 Å². The van der Waals surface area contributed by atoms with Gasteiger partial charge in [-0.1, -0.05) is 77.5 Å². The van der Waals surface area contributed by atoms with Crippen LogP contribution in [-0.2, 0) is 32.8 Å². The molecular weight excluding hydrogens is 928 g/mol. The molecule has 20 heteroatoms. The number of phosphoric ester groups is 1. The van der Waals surface area contributed by atoms with Gasteiger partial charge in [0.05, 0.1) is 49.2 Å². The minimum atomic E-state index is -5.15. The Morgan fingerprint density at radius 2 is 1.76 bits per heavy atom. The van der Waals surface area contributed by atoms with Crippen molar-refractivity contribution in [3.63, 3.8) is 0 Å². The van der Waals surface area contributed by atoms with Gasteiger partial charge in [-0.2, -0.15) is 5.26 Å². The Morgan fingerprint density at radius 1 is 1.09 bits per heavy atom. The van der Waals surface area contributed by atoms with Crippen molar-refractivity contribution in [2.24, 2.45) is 23.2 Å². The summed E-state index contributed by atoms with van der Waals surface area (Å²) >= 11 is 0. The van der Waals surface area contributed by atoms with E-state index < -0.39 is 97.7 Å². The Bertz CT molecular complexity index is 2080. The van der Waals surface area contributed by atoms with Crippen molar-refractivity contribution < 1.29 is 72.6 Å². The summed E-state index contributed by atoms with van der Waals surface area (Å²) in [5.74, 6) is -3.63. The Morgan fingerprint density at radius 3 is 2.36 bits per heavy atom. The van der Waals surface area contributed by atoms with E-state index in [-0.39, 0.29) is 44.2 Å². The number of hydrogen-bond donors (Lipinski definition) is 8. The number of carbonyl (C=O) groups is 1. The van der Waals surface area contributed by atoms with E-state index in [9.17, 15) is 44.7 Å². The third-order valence-electron chi connectivity index (χ3n) is 14.0. The first-order valence-electron chi connectivity index (χ1n) is 23.8. The number of methoxy groups -OCH3 is 2. The Balaban J connectivity index is 1.74. The molecule has 15 atom stereocenters. The zero-order valence-corrected chi connectivity index (χ0v) is 44.0. The summed E-state index contributed by atoms with van der Waals surface area (Å²) < 4.78 is 48.2. The number of amides is 1. The minimum absolute atomic E-state index is 0.0645. The molecule has 0 aliphatic carbocycles. The standard InChI is InChI=1S/C50H81N4O15P/c1-29(20-22-51)16-14-17-30(2)32(4)24-33(5)42(57)35(7)38(55)25-41(65-13)45-46(69-70(61,62)63)49(8,9)50(68-45)26-39(56)34(6)40(67-50)19-15-18-36-27-66-48(53-36)31(3)21-23-52-47(60)44(59)43(58)37(28-64-12)54(10)11/h14-18,20,24,27,31,33-35,37-46,55-59H,19,21,23,25-26,28H2,1-13H3,(H,52,60)(H2,61,62,63)/b16-14+,18-15+,29-20+,30-17+,32-24+/t31-,33+,34-,35-,37-,38-,39+,40+,41-,42+,43-,44-,45+,46-,50+/m1/s1. The zero-order chi connectivity index (χ0) is 52.9. The van der Waals surface area contributed by atoms with Crippen molar-refractivity contribution in [3.8, 4) is 6.07 Å². The van der Waals surface area contributed by atoms with Gasteiger partial charge < -0.3 is 68.9 Å². The molecule has 0 aromatic carbocycles. The van der Waals surface area contributed by atoms with Gasteiger partial charge in [0.25, 0.3) is 5.91 Å². The summed E-state index contributed by atoms with van der Waals surface area (Å²) in [5, 5.41) is 67.1. The fraction of sp³-hybridized carbons (Fsp3) is 0.700. The largest absolute Gasteiger partial charge is 0.469 e. The highest BCUT2D eigenvalue weighted by molar-refractivity contribution is 7.46. The lowest BCUT2D eigenvalue weighted by Crippen LogP contribution is -2.58. The molecule has 70 heavy (non-hydrogen) atoms. The Kier molecular flexibility index (Phi) is 23.5. The van der Waals surface area contributed by atoms with E-state index in [4.69, 9.17) is 33.2 Å². The third kappa shape index (κ3) is 16.3. The summed E-state index contributed by atoms with van der Waals surface area (Å²) in [6.07, 6.45) is 4.10. The van der Waals surface area contributed by atoms with Crippen LogP contribution in [0.4, 0.5) is 0 Å². The first kappa shape index (κ1) is 60.9. The van der Waals surface area contributed by atoms with E-state index in [1.807, 2.05) is 78.0 Å². The summed E-state index contributed by atoms with van der Waals surface area (Å²) in [4.78, 5) is 39.2. The van der Waals surface area contributed by atoms with Gasteiger partial charge in [0.2, 0.25) is 0 Å². The molecule has 0 unspecified atom stereocenters. The van der Waals surface area contributed by atoms with Crippen LogP contribution >= 0.6 is 7.82 Å². The minimum Gasteiger partial charge on any atom is -0.448 e. The first-order valence-corrected chi connectivity index (χ1v) is 25.4. The molecule has 19 nitrogen and oxygen atoms in total. The van der Waals surface area contributed by atoms with E-state index in [1.165, 1.54) is 26.6 Å². The molecule has 3 rings (SSSR count). The van der Waals surface area contributed by atoms with Gasteiger partial charge >= 0.3 is 7.82 Å². The maximum atomic E-state index is 12.6. The molecular formula is C50H81N4O15P. The number of nitriles is 1. The smallest absolute Gasteiger partial charge is 0.448 e. The highest BCUT2D eigenvalue weighted by Crippen LogP contribution is 2.59. The number of phosphoric acid groups is 1. The molecule has 0 bridgehead atoms. The van der Waals surface area contributed by atoms with Crippen LogP contribution in [0.25, 0.3) is 6.08 Å². The number of allylic oxidation sites excluding steroid dienone is 7. The zero-order valence-electron chi connectivity index (χ0n) is 43.1. The molecule has 1 aromatic rings. The molecule has 396 valence electrons. The number of likely N-dealkylation sites (N-methyl/N-ethyl adjacent to an activating group) is 1. The van der Waals surface area contributed by atoms with Crippen molar-refractivity contribution in [1.82, 2.24) is 15.2 Å². The van der Waals surface area contributed by atoms with E-state index in [0.29, 0.717) is 18.0 Å². The average molecular weight is 1010 g/mol. The second kappa shape index (κ2) is 27.0. The molecule has 0 saturated carbocycles. The van der Waals surface area contributed by atoms with Crippen LogP contribution in [0.5, 0.6) is 0 Å². The number of rotatable bonds is 26. The fourth-order valence-corrected chi connectivity index (χ4v) is 9.64. The number of nitrogens with one attached hydrogen (secondary N) is 1. The molecule has 1 amide bonds. The van der Waals surface area contributed by atoms with E-state index >= 15 is 0 Å². The first-order chi connectivity index (χ1) is 32.6. The lowest BCUT2D eigenvalue weighted by Gasteiger charge is -2.50. The number of oxazole rings is 1. The lowest BCUT2D eigenvalue weighted by molar-refractivity contribution is -0.334. The number of aliphatic hydroxyl groups excluding tert-OH is 5. The van der Waals surface area contributed by atoms with Crippen molar-refractivity contribution in [2.75, 3.05) is 41.5 Å². The van der Waals surface area contributed by atoms with Crippen molar-refractivity contribution in [2.45, 2.75) is 161 Å². The van der Waals surface area contributed by atoms with Crippen LogP contribution in [0, 0.1) is 34.5 Å².